The molecule has 2 unspecified atom stereocenters. The number of rotatable bonds is 5. The highest BCUT2D eigenvalue weighted by molar-refractivity contribution is 7.10. The average molecular weight is 284 g/mol. The van der Waals surface area contributed by atoms with Crippen molar-refractivity contribution in [1.29, 1.82) is 0 Å². The summed E-state index contributed by atoms with van der Waals surface area (Å²) in [7, 11) is 0. The first-order valence-electron chi connectivity index (χ1n) is 6.56. The standard InChI is InChI=1S/C14H24N2O2S/c1-10(17)7-8-15-13(18)16-12(14(2,3)4)11-6-5-9-19-11/h5-6,9-10,12,17H,7-8H2,1-4H3,(H2,15,16,18). The molecule has 108 valence electrons. The van der Waals surface area contributed by atoms with Gasteiger partial charge in [-0.2, -0.15) is 0 Å². The van der Waals surface area contributed by atoms with Gasteiger partial charge in [0.1, 0.15) is 0 Å². The van der Waals surface area contributed by atoms with Crippen LogP contribution in [-0.2, 0) is 0 Å². The maximum atomic E-state index is 11.9. The van der Waals surface area contributed by atoms with Crippen LogP contribution in [0.3, 0.4) is 0 Å². The number of urea groups is 1. The summed E-state index contributed by atoms with van der Waals surface area (Å²) in [5.74, 6) is 0. The van der Waals surface area contributed by atoms with Crippen LogP contribution in [0.4, 0.5) is 4.79 Å². The van der Waals surface area contributed by atoms with Crippen LogP contribution in [0.1, 0.15) is 45.0 Å². The second-order valence-electron chi connectivity index (χ2n) is 5.85. The number of amides is 2. The van der Waals surface area contributed by atoms with Crippen LogP contribution in [-0.4, -0.2) is 23.8 Å². The Bertz CT molecular complexity index is 383. The van der Waals surface area contributed by atoms with Gasteiger partial charge in [0.05, 0.1) is 12.1 Å². The van der Waals surface area contributed by atoms with Gasteiger partial charge in [-0.1, -0.05) is 26.8 Å². The molecule has 0 saturated carbocycles. The van der Waals surface area contributed by atoms with E-state index in [1.54, 1.807) is 18.3 Å². The van der Waals surface area contributed by atoms with Gasteiger partial charge in [-0.05, 0) is 30.2 Å². The molecule has 0 aliphatic rings. The van der Waals surface area contributed by atoms with Gasteiger partial charge in [0.25, 0.3) is 0 Å². The maximum Gasteiger partial charge on any atom is 0.315 e. The van der Waals surface area contributed by atoms with E-state index in [4.69, 9.17) is 5.11 Å². The van der Waals surface area contributed by atoms with Crippen molar-refractivity contribution in [3.63, 3.8) is 0 Å². The van der Waals surface area contributed by atoms with Crippen molar-refractivity contribution in [1.82, 2.24) is 10.6 Å². The van der Waals surface area contributed by atoms with E-state index in [-0.39, 0.29) is 17.5 Å². The van der Waals surface area contributed by atoms with Gasteiger partial charge in [-0.25, -0.2) is 4.79 Å². The summed E-state index contributed by atoms with van der Waals surface area (Å²) in [4.78, 5) is 13.0. The predicted octanol–water partition coefficient (Wildman–Crippen LogP) is 2.91. The molecule has 19 heavy (non-hydrogen) atoms. The first kappa shape index (κ1) is 16.0. The van der Waals surface area contributed by atoms with Crippen molar-refractivity contribution in [2.75, 3.05) is 6.54 Å². The number of aliphatic hydroxyl groups excluding tert-OH is 1. The highest BCUT2D eigenvalue weighted by Gasteiger charge is 2.28. The third kappa shape index (κ3) is 5.61. The topological polar surface area (TPSA) is 61.4 Å². The molecule has 0 aliphatic heterocycles. The van der Waals surface area contributed by atoms with Gasteiger partial charge >= 0.3 is 6.03 Å². The van der Waals surface area contributed by atoms with E-state index in [1.165, 1.54) is 0 Å². The van der Waals surface area contributed by atoms with Crippen molar-refractivity contribution in [3.8, 4) is 0 Å². The normalized spacial score (nSPS) is 14.8. The summed E-state index contributed by atoms with van der Waals surface area (Å²) in [5, 5.41) is 17.0. The summed E-state index contributed by atoms with van der Waals surface area (Å²) in [6.45, 7) is 8.50. The molecule has 0 radical (unpaired) electrons. The van der Waals surface area contributed by atoms with Gasteiger partial charge in [-0.15, -0.1) is 11.3 Å². The van der Waals surface area contributed by atoms with Crippen LogP contribution in [0.2, 0.25) is 0 Å². The molecule has 1 heterocycles. The van der Waals surface area contributed by atoms with E-state index >= 15 is 0 Å². The minimum Gasteiger partial charge on any atom is -0.393 e. The maximum absolute atomic E-state index is 11.9. The minimum atomic E-state index is -0.393. The Hall–Kier alpha value is -1.07. The molecule has 0 saturated heterocycles. The molecule has 2 amide bonds. The zero-order chi connectivity index (χ0) is 14.5. The molecule has 0 aliphatic carbocycles. The van der Waals surface area contributed by atoms with E-state index in [2.05, 4.69) is 31.4 Å². The molecule has 0 fully saturated rings. The Balaban J connectivity index is 2.57. The average Bonchev–Trinajstić information content (AvgIpc) is 2.76. The molecule has 0 aromatic carbocycles. The Morgan fingerprint density at radius 3 is 2.63 bits per heavy atom. The predicted molar refractivity (Wildman–Crippen MR) is 79.3 cm³/mol. The number of hydrogen-bond acceptors (Lipinski definition) is 3. The van der Waals surface area contributed by atoms with Gasteiger partial charge in [0.2, 0.25) is 0 Å². The molecule has 1 rings (SSSR count). The molecule has 0 spiro atoms. The Morgan fingerprint density at radius 2 is 2.16 bits per heavy atom. The van der Waals surface area contributed by atoms with Crippen LogP contribution < -0.4 is 10.6 Å². The van der Waals surface area contributed by atoms with Crippen molar-refractivity contribution in [2.24, 2.45) is 5.41 Å². The summed E-state index contributed by atoms with van der Waals surface area (Å²) in [5.41, 5.74) is -0.0491. The van der Waals surface area contributed by atoms with Gasteiger partial charge in [0, 0.05) is 11.4 Å². The van der Waals surface area contributed by atoms with Crippen LogP contribution >= 0.6 is 11.3 Å². The lowest BCUT2D eigenvalue weighted by atomic mass is 9.86. The molecule has 1 aromatic heterocycles. The number of nitrogens with one attached hydrogen (secondary N) is 2. The zero-order valence-electron chi connectivity index (χ0n) is 12.1. The summed E-state index contributed by atoms with van der Waals surface area (Å²) in [6, 6.07) is 3.83. The van der Waals surface area contributed by atoms with Crippen LogP contribution in [0, 0.1) is 5.41 Å². The van der Waals surface area contributed by atoms with Gasteiger partial charge in [0.15, 0.2) is 0 Å². The first-order chi connectivity index (χ1) is 8.80. The lowest BCUT2D eigenvalue weighted by molar-refractivity contribution is 0.182. The highest BCUT2D eigenvalue weighted by atomic mass is 32.1. The second kappa shape index (κ2) is 6.91. The molecule has 3 N–H and O–H groups in total. The summed E-state index contributed by atoms with van der Waals surface area (Å²) < 4.78 is 0. The van der Waals surface area contributed by atoms with E-state index in [0.717, 1.165) is 4.88 Å². The largest absolute Gasteiger partial charge is 0.393 e. The Morgan fingerprint density at radius 1 is 1.47 bits per heavy atom. The summed E-state index contributed by atoms with van der Waals surface area (Å²) >= 11 is 1.65. The second-order valence-corrected chi connectivity index (χ2v) is 6.83. The molecular formula is C14H24N2O2S. The summed E-state index contributed by atoms with van der Waals surface area (Å²) in [6.07, 6.45) is 0.170. The Labute approximate surface area is 119 Å². The van der Waals surface area contributed by atoms with Crippen molar-refractivity contribution in [2.45, 2.75) is 46.3 Å². The SMILES string of the molecule is CC(O)CCNC(=O)NC(c1cccs1)C(C)(C)C. The number of aliphatic hydroxyl groups is 1. The fraction of sp³-hybridized carbons (Fsp3) is 0.643. The molecule has 4 nitrogen and oxygen atoms in total. The van der Waals surface area contributed by atoms with Gasteiger partial charge in [-0.3, -0.25) is 0 Å². The zero-order valence-corrected chi connectivity index (χ0v) is 12.9. The lowest BCUT2D eigenvalue weighted by Gasteiger charge is -2.30. The highest BCUT2D eigenvalue weighted by Crippen LogP contribution is 2.34. The number of carbonyl (C=O) groups is 1. The van der Waals surface area contributed by atoms with Crippen LogP contribution in [0.5, 0.6) is 0 Å². The quantitative estimate of drug-likeness (QED) is 0.778. The molecule has 2 atom stereocenters. The molecule has 0 bridgehead atoms. The number of hydrogen-bond donors (Lipinski definition) is 3. The van der Waals surface area contributed by atoms with E-state index in [1.807, 2.05) is 17.5 Å². The fourth-order valence-electron chi connectivity index (χ4n) is 1.75. The van der Waals surface area contributed by atoms with Crippen LogP contribution in [0.15, 0.2) is 17.5 Å². The van der Waals surface area contributed by atoms with Gasteiger partial charge < -0.3 is 15.7 Å². The minimum absolute atomic E-state index is 0.0148. The molecule has 5 heteroatoms. The smallest absolute Gasteiger partial charge is 0.315 e. The van der Waals surface area contributed by atoms with Crippen LogP contribution in [0.25, 0.3) is 0 Å². The third-order valence-corrected chi connectivity index (χ3v) is 3.75. The number of carbonyl (C=O) groups excluding carboxylic acids is 1. The van der Waals surface area contributed by atoms with Crippen molar-refractivity contribution >= 4 is 17.4 Å². The molecular weight excluding hydrogens is 260 g/mol. The monoisotopic (exact) mass is 284 g/mol. The van der Waals surface area contributed by atoms with Crippen molar-refractivity contribution in [3.05, 3.63) is 22.4 Å². The first-order valence-corrected chi connectivity index (χ1v) is 7.44. The lowest BCUT2D eigenvalue weighted by Crippen LogP contribution is -2.42. The van der Waals surface area contributed by atoms with E-state index in [9.17, 15) is 4.79 Å². The fourth-order valence-corrected chi connectivity index (χ4v) is 2.77. The molecule has 1 aromatic rings. The van der Waals surface area contributed by atoms with Crippen molar-refractivity contribution < 1.29 is 9.90 Å². The Kier molecular flexibility index (Phi) is 5.82. The van der Waals surface area contributed by atoms with E-state index < -0.39 is 6.10 Å². The third-order valence-electron chi connectivity index (χ3n) is 2.82. The number of thiophene rings is 1. The van der Waals surface area contributed by atoms with E-state index in [0.29, 0.717) is 13.0 Å².